The molecular weight excluding hydrogens is 252 g/mol. The van der Waals surface area contributed by atoms with Crippen LogP contribution in [0, 0.1) is 6.92 Å². The van der Waals surface area contributed by atoms with Crippen molar-refractivity contribution >= 4 is 11.3 Å². The summed E-state index contributed by atoms with van der Waals surface area (Å²) in [7, 11) is 0. The van der Waals surface area contributed by atoms with E-state index in [0.29, 0.717) is 6.04 Å². The van der Waals surface area contributed by atoms with Gasteiger partial charge in [-0.05, 0) is 19.4 Å². The second kappa shape index (κ2) is 5.85. The van der Waals surface area contributed by atoms with E-state index < -0.39 is 0 Å². The third kappa shape index (κ3) is 3.64. The molecule has 2 rings (SSSR count). The second-order valence-electron chi connectivity index (χ2n) is 5.64. The summed E-state index contributed by atoms with van der Waals surface area (Å²) in [4.78, 5) is 4.54. The Morgan fingerprint density at radius 2 is 1.95 bits per heavy atom. The maximum Gasteiger partial charge on any atom is 0.0898 e. The quantitative estimate of drug-likeness (QED) is 0.888. The molecule has 0 saturated heterocycles. The van der Waals surface area contributed by atoms with E-state index in [1.165, 1.54) is 5.56 Å². The second-order valence-corrected chi connectivity index (χ2v) is 6.71. The van der Waals surface area contributed by atoms with Crippen LogP contribution in [0.15, 0.2) is 35.7 Å². The number of rotatable bonds is 5. The van der Waals surface area contributed by atoms with Gasteiger partial charge in [0.1, 0.15) is 0 Å². The first-order chi connectivity index (χ1) is 8.99. The molecule has 0 radical (unpaired) electrons. The Labute approximate surface area is 119 Å². The molecule has 0 amide bonds. The molecule has 0 aliphatic carbocycles. The van der Waals surface area contributed by atoms with Gasteiger partial charge in [-0.1, -0.05) is 44.2 Å². The largest absolute Gasteiger partial charge is 0.308 e. The van der Waals surface area contributed by atoms with E-state index in [-0.39, 0.29) is 5.41 Å². The summed E-state index contributed by atoms with van der Waals surface area (Å²) in [5.74, 6) is 0. The van der Waals surface area contributed by atoms with Crippen LogP contribution in [-0.4, -0.2) is 11.5 Å². The van der Waals surface area contributed by atoms with Crippen LogP contribution >= 0.6 is 11.3 Å². The van der Waals surface area contributed by atoms with Gasteiger partial charge in [0.05, 0.1) is 10.7 Å². The molecule has 1 heterocycles. The molecule has 1 atom stereocenters. The number of aryl methyl sites for hydroxylation is 1. The van der Waals surface area contributed by atoms with Gasteiger partial charge in [-0.3, -0.25) is 0 Å². The number of nitrogens with one attached hydrogen (secondary N) is 1. The molecule has 0 bridgehead atoms. The fourth-order valence-corrected chi connectivity index (χ4v) is 2.79. The van der Waals surface area contributed by atoms with Crippen LogP contribution in [0.1, 0.15) is 43.1 Å². The Morgan fingerprint density at radius 1 is 1.26 bits per heavy atom. The summed E-state index contributed by atoms with van der Waals surface area (Å²) in [6.45, 7) is 9.71. The molecule has 1 aromatic carbocycles. The average molecular weight is 274 g/mol. The van der Waals surface area contributed by atoms with Gasteiger partial charge in [-0.2, -0.15) is 0 Å². The predicted octanol–water partition coefficient (Wildman–Crippen LogP) is 4.08. The highest BCUT2D eigenvalue weighted by Gasteiger charge is 2.21. The van der Waals surface area contributed by atoms with Gasteiger partial charge in [0.15, 0.2) is 0 Å². The third-order valence-electron chi connectivity index (χ3n) is 3.49. The highest BCUT2D eigenvalue weighted by molar-refractivity contribution is 7.09. The summed E-state index contributed by atoms with van der Waals surface area (Å²) in [6, 6.07) is 11.0. The standard InChI is InChI=1S/C16H22N2S/c1-12(15-10-19-13(2)18-15)17-11-16(3,4)14-8-6-5-7-9-14/h5-10,12,17H,11H2,1-4H3. The number of thiazole rings is 1. The third-order valence-corrected chi connectivity index (χ3v) is 4.28. The smallest absolute Gasteiger partial charge is 0.0898 e. The predicted molar refractivity (Wildman–Crippen MR) is 82.7 cm³/mol. The minimum atomic E-state index is 0.126. The average Bonchev–Trinajstić information content (AvgIpc) is 2.84. The molecule has 102 valence electrons. The van der Waals surface area contributed by atoms with E-state index in [4.69, 9.17) is 0 Å². The molecule has 1 N–H and O–H groups in total. The normalized spacial score (nSPS) is 13.5. The number of nitrogens with zero attached hydrogens (tertiary/aromatic N) is 1. The molecule has 0 fully saturated rings. The lowest BCUT2D eigenvalue weighted by atomic mass is 9.84. The highest BCUT2D eigenvalue weighted by atomic mass is 32.1. The lowest BCUT2D eigenvalue weighted by molar-refractivity contribution is 0.432. The maximum atomic E-state index is 4.54. The Hall–Kier alpha value is -1.19. The van der Waals surface area contributed by atoms with Crippen molar-refractivity contribution in [3.05, 3.63) is 52.0 Å². The van der Waals surface area contributed by atoms with E-state index in [1.807, 2.05) is 0 Å². The van der Waals surface area contributed by atoms with Crippen LogP contribution in [0.25, 0.3) is 0 Å². The molecule has 2 nitrogen and oxygen atoms in total. The number of benzene rings is 1. The Balaban J connectivity index is 1.98. The first-order valence-corrected chi connectivity index (χ1v) is 7.58. The zero-order chi connectivity index (χ0) is 13.9. The molecule has 19 heavy (non-hydrogen) atoms. The molecule has 3 heteroatoms. The molecule has 0 spiro atoms. The SMILES string of the molecule is Cc1nc(C(C)NCC(C)(C)c2ccccc2)cs1. The van der Waals surface area contributed by atoms with Crippen LogP contribution in [-0.2, 0) is 5.41 Å². The summed E-state index contributed by atoms with van der Waals surface area (Å²) in [5.41, 5.74) is 2.64. The Morgan fingerprint density at radius 3 is 2.53 bits per heavy atom. The van der Waals surface area contributed by atoms with Gasteiger partial charge >= 0.3 is 0 Å². The van der Waals surface area contributed by atoms with Crippen molar-refractivity contribution in [1.29, 1.82) is 0 Å². The summed E-state index contributed by atoms with van der Waals surface area (Å²) >= 11 is 1.71. The van der Waals surface area contributed by atoms with Crippen LogP contribution in [0.2, 0.25) is 0 Å². The molecule has 1 unspecified atom stereocenters. The minimum absolute atomic E-state index is 0.126. The summed E-state index contributed by atoms with van der Waals surface area (Å²) < 4.78 is 0. The molecule has 2 aromatic rings. The van der Waals surface area contributed by atoms with Gasteiger partial charge in [0, 0.05) is 23.4 Å². The zero-order valence-corrected chi connectivity index (χ0v) is 12.9. The zero-order valence-electron chi connectivity index (χ0n) is 12.1. The molecule has 0 aliphatic rings. The maximum absolute atomic E-state index is 4.54. The van der Waals surface area contributed by atoms with Crippen molar-refractivity contribution in [2.75, 3.05) is 6.54 Å². The van der Waals surface area contributed by atoms with Gasteiger partial charge in [0.2, 0.25) is 0 Å². The molecular formula is C16H22N2S. The van der Waals surface area contributed by atoms with Crippen molar-refractivity contribution in [2.45, 2.75) is 39.2 Å². The van der Waals surface area contributed by atoms with Crippen LogP contribution < -0.4 is 5.32 Å². The number of aromatic nitrogens is 1. The van der Waals surface area contributed by atoms with Crippen LogP contribution in [0.4, 0.5) is 0 Å². The topological polar surface area (TPSA) is 24.9 Å². The van der Waals surface area contributed by atoms with E-state index in [9.17, 15) is 0 Å². The summed E-state index contributed by atoms with van der Waals surface area (Å²) in [5, 5.41) is 6.87. The van der Waals surface area contributed by atoms with Crippen molar-refractivity contribution in [1.82, 2.24) is 10.3 Å². The number of hydrogen-bond donors (Lipinski definition) is 1. The highest BCUT2D eigenvalue weighted by Crippen LogP contribution is 2.23. The Kier molecular flexibility index (Phi) is 4.38. The van der Waals surface area contributed by atoms with Crippen molar-refractivity contribution < 1.29 is 0 Å². The lowest BCUT2D eigenvalue weighted by Crippen LogP contribution is -2.34. The van der Waals surface area contributed by atoms with Crippen molar-refractivity contribution in [2.24, 2.45) is 0 Å². The lowest BCUT2D eigenvalue weighted by Gasteiger charge is -2.27. The van der Waals surface area contributed by atoms with Gasteiger partial charge in [-0.15, -0.1) is 11.3 Å². The van der Waals surface area contributed by atoms with E-state index >= 15 is 0 Å². The number of hydrogen-bond acceptors (Lipinski definition) is 3. The van der Waals surface area contributed by atoms with E-state index in [1.54, 1.807) is 11.3 Å². The van der Waals surface area contributed by atoms with Gasteiger partial charge in [-0.25, -0.2) is 4.98 Å². The van der Waals surface area contributed by atoms with Crippen LogP contribution in [0.5, 0.6) is 0 Å². The van der Waals surface area contributed by atoms with E-state index in [2.05, 4.69) is 73.7 Å². The van der Waals surface area contributed by atoms with Gasteiger partial charge in [0.25, 0.3) is 0 Å². The fourth-order valence-electron chi connectivity index (χ4n) is 2.08. The monoisotopic (exact) mass is 274 g/mol. The fraction of sp³-hybridized carbons (Fsp3) is 0.438. The van der Waals surface area contributed by atoms with Crippen molar-refractivity contribution in [3.8, 4) is 0 Å². The van der Waals surface area contributed by atoms with Crippen LogP contribution in [0.3, 0.4) is 0 Å². The Bertz CT molecular complexity index is 517. The molecule has 1 aromatic heterocycles. The first kappa shape index (κ1) is 14.2. The molecule has 0 saturated carbocycles. The minimum Gasteiger partial charge on any atom is -0.308 e. The van der Waals surface area contributed by atoms with Crippen molar-refractivity contribution in [3.63, 3.8) is 0 Å². The van der Waals surface area contributed by atoms with E-state index in [0.717, 1.165) is 17.2 Å². The first-order valence-electron chi connectivity index (χ1n) is 6.70. The summed E-state index contributed by atoms with van der Waals surface area (Å²) in [6.07, 6.45) is 0. The molecule has 0 aliphatic heterocycles. The van der Waals surface area contributed by atoms with Gasteiger partial charge < -0.3 is 5.32 Å².